The fraction of sp³-hybridized carbons (Fsp3) is 0.429. The van der Waals surface area contributed by atoms with Crippen LogP contribution in [-0.4, -0.2) is 23.7 Å². The van der Waals surface area contributed by atoms with Crippen molar-refractivity contribution in [2.24, 2.45) is 0 Å². The van der Waals surface area contributed by atoms with Crippen molar-refractivity contribution in [3.63, 3.8) is 0 Å². The van der Waals surface area contributed by atoms with E-state index in [0.717, 1.165) is 5.56 Å². The Balaban J connectivity index is 2.44. The van der Waals surface area contributed by atoms with Crippen LogP contribution in [0.2, 0.25) is 0 Å². The lowest BCUT2D eigenvalue weighted by atomic mass is 9.94. The number of benzene rings is 1. The average molecular weight is 272 g/mol. The fourth-order valence-electron chi connectivity index (χ4n) is 2.11. The highest BCUT2D eigenvalue weighted by molar-refractivity contribution is 5.58. The normalized spacial score (nSPS) is 26.7. The van der Waals surface area contributed by atoms with Gasteiger partial charge in [0.1, 0.15) is 0 Å². The van der Waals surface area contributed by atoms with Crippen LogP contribution in [0.25, 0.3) is 6.08 Å². The topological polar surface area (TPSA) is 29.5 Å². The molecular formula is C14H15F3O2. The summed E-state index contributed by atoms with van der Waals surface area (Å²) >= 11 is 0. The number of aliphatic hydroxyl groups is 1. The Morgan fingerprint density at radius 1 is 1.32 bits per heavy atom. The molecule has 1 aliphatic heterocycles. The average Bonchev–Trinajstić information content (AvgIpc) is 2.33. The van der Waals surface area contributed by atoms with Crippen molar-refractivity contribution < 1.29 is 23.0 Å². The summed E-state index contributed by atoms with van der Waals surface area (Å²) in [5.41, 5.74) is 1.37. The van der Waals surface area contributed by atoms with Crippen molar-refractivity contribution >= 4 is 6.08 Å². The highest BCUT2D eigenvalue weighted by Crippen LogP contribution is 2.42. The first-order valence-corrected chi connectivity index (χ1v) is 6.04. The van der Waals surface area contributed by atoms with E-state index in [4.69, 9.17) is 0 Å². The highest BCUT2D eigenvalue weighted by atomic mass is 19.4. The van der Waals surface area contributed by atoms with E-state index in [1.807, 2.05) is 19.1 Å². The molecule has 1 atom stereocenters. The van der Waals surface area contributed by atoms with Gasteiger partial charge >= 0.3 is 6.18 Å². The van der Waals surface area contributed by atoms with E-state index in [1.165, 1.54) is 6.08 Å². The highest BCUT2D eigenvalue weighted by Gasteiger charge is 2.58. The van der Waals surface area contributed by atoms with Gasteiger partial charge in [-0.25, -0.2) is 0 Å². The smallest absolute Gasteiger partial charge is 0.355 e. The quantitative estimate of drug-likeness (QED) is 0.848. The molecule has 5 heteroatoms. The van der Waals surface area contributed by atoms with Crippen molar-refractivity contribution in [2.75, 3.05) is 6.61 Å². The molecule has 1 unspecified atom stereocenters. The summed E-state index contributed by atoms with van der Waals surface area (Å²) in [6.07, 6.45) is -2.82. The third-order valence-electron chi connectivity index (χ3n) is 3.24. The molecule has 0 saturated carbocycles. The standard InChI is InChI=1S/C14H15F3O2/c1-10-5-2-3-6-11(10)9-12-7-4-8-19-13(12,18)14(15,16)17/h2-3,5-6,9,18H,4,7-8H2,1H3/b12-9+. The van der Waals surface area contributed by atoms with Gasteiger partial charge in [0.2, 0.25) is 0 Å². The van der Waals surface area contributed by atoms with Gasteiger partial charge in [-0.3, -0.25) is 0 Å². The SMILES string of the molecule is Cc1ccccc1/C=C1\CCCOC1(O)C(F)(F)F. The lowest BCUT2D eigenvalue weighted by Gasteiger charge is -2.36. The van der Waals surface area contributed by atoms with Crippen molar-refractivity contribution in [3.05, 3.63) is 41.0 Å². The molecule has 1 saturated heterocycles. The third-order valence-corrected chi connectivity index (χ3v) is 3.24. The monoisotopic (exact) mass is 272 g/mol. The summed E-state index contributed by atoms with van der Waals surface area (Å²) in [4.78, 5) is 0. The molecule has 0 aromatic heterocycles. The predicted molar refractivity (Wildman–Crippen MR) is 65.3 cm³/mol. The van der Waals surface area contributed by atoms with E-state index in [0.29, 0.717) is 12.0 Å². The van der Waals surface area contributed by atoms with Gasteiger partial charge in [0.05, 0.1) is 6.61 Å². The molecule has 0 amide bonds. The largest absolute Gasteiger partial charge is 0.447 e. The van der Waals surface area contributed by atoms with E-state index in [9.17, 15) is 18.3 Å². The number of halogens is 3. The van der Waals surface area contributed by atoms with Crippen molar-refractivity contribution in [1.82, 2.24) is 0 Å². The zero-order valence-electron chi connectivity index (χ0n) is 10.5. The number of alkyl halides is 3. The lowest BCUT2D eigenvalue weighted by Crippen LogP contribution is -2.51. The number of hydrogen-bond donors (Lipinski definition) is 1. The van der Waals surface area contributed by atoms with E-state index < -0.39 is 12.0 Å². The molecule has 0 aliphatic carbocycles. The van der Waals surface area contributed by atoms with E-state index in [2.05, 4.69) is 4.74 Å². The molecule has 2 rings (SSSR count). The Morgan fingerprint density at radius 3 is 2.63 bits per heavy atom. The van der Waals surface area contributed by atoms with Crippen LogP contribution in [0.3, 0.4) is 0 Å². The summed E-state index contributed by atoms with van der Waals surface area (Å²) in [6.45, 7) is 1.71. The molecule has 1 aromatic carbocycles. The summed E-state index contributed by atoms with van der Waals surface area (Å²) in [7, 11) is 0. The van der Waals surface area contributed by atoms with E-state index in [-0.39, 0.29) is 18.6 Å². The van der Waals surface area contributed by atoms with Gasteiger partial charge in [0, 0.05) is 0 Å². The van der Waals surface area contributed by atoms with Crippen molar-refractivity contribution in [3.8, 4) is 0 Å². The molecular weight excluding hydrogens is 257 g/mol. The van der Waals surface area contributed by atoms with Crippen LogP contribution in [-0.2, 0) is 4.74 Å². The maximum Gasteiger partial charge on any atom is 0.447 e. The van der Waals surface area contributed by atoms with Crippen LogP contribution in [0.4, 0.5) is 13.2 Å². The van der Waals surface area contributed by atoms with Gasteiger partial charge in [0.25, 0.3) is 5.79 Å². The van der Waals surface area contributed by atoms with Gasteiger partial charge in [-0.1, -0.05) is 24.3 Å². The maximum atomic E-state index is 13.0. The number of ether oxygens (including phenoxy) is 1. The van der Waals surface area contributed by atoms with Gasteiger partial charge in [-0.15, -0.1) is 0 Å². The molecule has 1 heterocycles. The minimum absolute atomic E-state index is 0.0961. The molecule has 1 N–H and O–H groups in total. The Kier molecular flexibility index (Phi) is 3.69. The van der Waals surface area contributed by atoms with Crippen LogP contribution in [0, 0.1) is 6.92 Å². The van der Waals surface area contributed by atoms with Crippen LogP contribution in [0.15, 0.2) is 29.8 Å². The number of aryl methyl sites for hydroxylation is 1. The van der Waals surface area contributed by atoms with Crippen molar-refractivity contribution in [2.45, 2.75) is 31.7 Å². The second-order valence-corrected chi connectivity index (χ2v) is 4.62. The first-order chi connectivity index (χ1) is 8.84. The molecule has 104 valence electrons. The molecule has 1 fully saturated rings. The Labute approximate surface area is 109 Å². The predicted octanol–water partition coefficient (Wildman–Crippen LogP) is 3.44. The number of rotatable bonds is 1. The molecule has 0 radical (unpaired) electrons. The second-order valence-electron chi connectivity index (χ2n) is 4.62. The minimum atomic E-state index is -4.83. The zero-order chi connectivity index (χ0) is 14.1. The summed E-state index contributed by atoms with van der Waals surface area (Å²) in [5, 5.41) is 9.80. The summed E-state index contributed by atoms with van der Waals surface area (Å²) < 4.78 is 43.5. The van der Waals surface area contributed by atoms with Crippen molar-refractivity contribution in [1.29, 1.82) is 0 Å². The summed E-state index contributed by atoms with van der Waals surface area (Å²) in [5.74, 6) is -3.16. The van der Waals surface area contributed by atoms with Crippen LogP contribution in [0.5, 0.6) is 0 Å². The number of hydrogen-bond acceptors (Lipinski definition) is 2. The second kappa shape index (κ2) is 4.98. The lowest BCUT2D eigenvalue weighted by molar-refractivity contribution is -0.352. The minimum Gasteiger partial charge on any atom is -0.355 e. The van der Waals surface area contributed by atoms with Gasteiger partial charge in [-0.2, -0.15) is 13.2 Å². The van der Waals surface area contributed by atoms with Crippen LogP contribution >= 0.6 is 0 Å². The van der Waals surface area contributed by atoms with E-state index in [1.54, 1.807) is 12.1 Å². The molecule has 0 bridgehead atoms. The molecule has 1 aromatic rings. The van der Waals surface area contributed by atoms with Gasteiger partial charge < -0.3 is 9.84 Å². The van der Waals surface area contributed by atoms with Crippen LogP contribution < -0.4 is 0 Å². The van der Waals surface area contributed by atoms with E-state index >= 15 is 0 Å². The molecule has 1 aliphatic rings. The molecule has 2 nitrogen and oxygen atoms in total. The first kappa shape index (κ1) is 14.1. The third kappa shape index (κ3) is 2.67. The Hall–Kier alpha value is -1.33. The maximum absolute atomic E-state index is 13.0. The Morgan fingerprint density at radius 2 is 2.00 bits per heavy atom. The van der Waals surface area contributed by atoms with Gasteiger partial charge in [0.15, 0.2) is 0 Å². The molecule has 0 spiro atoms. The van der Waals surface area contributed by atoms with Gasteiger partial charge in [-0.05, 0) is 42.5 Å². The molecule has 19 heavy (non-hydrogen) atoms. The fourth-order valence-corrected chi connectivity index (χ4v) is 2.11. The zero-order valence-corrected chi connectivity index (χ0v) is 10.5. The first-order valence-electron chi connectivity index (χ1n) is 6.04. The van der Waals surface area contributed by atoms with Crippen LogP contribution in [0.1, 0.15) is 24.0 Å². The summed E-state index contributed by atoms with van der Waals surface area (Å²) in [6, 6.07) is 7.08. The Bertz CT molecular complexity index is 494.